The van der Waals surface area contributed by atoms with E-state index in [1.54, 1.807) is 0 Å². The lowest BCUT2D eigenvalue weighted by molar-refractivity contribution is 0.165. The van der Waals surface area contributed by atoms with Crippen LogP contribution in [-0.2, 0) is 6.42 Å². The van der Waals surface area contributed by atoms with Gasteiger partial charge in [-0.15, -0.1) is 0 Å². The summed E-state index contributed by atoms with van der Waals surface area (Å²) in [6.07, 6.45) is 1.77. The number of fused-ring (bicyclic) bond motifs is 1. The predicted molar refractivity (Wildman–Crippen MR) is 52.4 cm³/mol. The number of aryl methyl sites for hydroxylation is 1. The Kier molecular flexibility index (Phi) is 2.20. The van der Waals surface area contributed by atoms with Crippen LogP contribution in [0.4, 0.5) is 0 Å². The molecule has 0 saturated heterocycles. The highest BCUT2D eigenvalue weighted by Gasteiger charge is 2.24. The van der Waals surface area contributed by atoms with Crippen LogP contribution in [0.25, 0.3) is 0 Å². The van der Waals surface area contributed by atoms with Crippen LogP contribution in [0.5, 0.6) is 0 Å². The monoisotopic (exact) mass is 226 g/mol. The van der Waals surface area contributed by atoms with Gasteiger partial charge in [-0.3, -0.25) is 0 Å². The van der Waals surface area contributed by atoms with Crippen molar-refractivity contribution in [3.8, 4) is 0 Å². The Bertz CT molecular complexity index is 285. The molecule has 1 aliphatic rings. The van der Waals surface area contributed by atoms with Crippen molar-refractivity contribution in [1.29, 1.82) is 0 Å². The number of halogens is 1. The SMILES string of the molecule is O[C@H]1c2ccccc2CC[C@H]1Br. The Balaban J connectivity index is 2.42. The maximum absolute atomic E-state index is 9.78. The first-order valence-corrected chi connectivity index (χ1v) is 5.10. The largest absolute Gasteiger partial charge is 0.387 e. The Labute approximate surface area is 80.5 Å². The molecule has 12 heavy (non-hydrogen) atoms. The molecule has 64 valence electrons. The van der Waals surface area contributed by atoms with Gasteiger partial charge in [0.2, 0.25) is 0 Å². The average molecular weight is 227 g/mol. The average Bonchev–Trinajstić information content (AvgIpc) is 2.12. The van der Waals surface area contributed by atoms with E-state index in [1.165, 1.54) is 5.56 Å². The van der Waals surface area contributed by atoms with Gasteiger partial charge >= 0.3 is 0 Å². The minimum Gasteiger partial charge on any atom is -0.387 e. The van der Waals surface area contributed by atoms with Gasteiger partial charge in [0.15, 0.2) is 0 Å². The Morgan fingerprint density at radius 2 is 2.08 bits per heavy atom. The lowest BCUT2D eigenvalue weighted by Crippen LogP contribution is -2.19. The maximum Gasteiger partial charge on any atom is 0.0917 e. The summed E-state index contributed by atoms with van der Waals surface area (Å²) >= 11 is 3.47. The molecule has 0 fully saturated rings. The van der Waals surface area contributed by atoms with Crippen molar-refractivity contribution in [2.24, 2.45) is 0 Å². The van der Waals surface area contributed by atoms with Gasteiger partial charge in [-0.25, -0.2) is 0 Å². The van der Waals surface area contributed by atoms with Crippen LogP contribution < -0.4 is 0 Å². The molecule has 0 saturated carbocycles. The van der Waals surface area contributed by atoms with E-state index >= 15 is 0 Å². The van der Waals surface area contributed by atoms with Gasteiger partial charge in [-0.1, -0.05) is 40.2 Å². The molecule has 2 atom stereocenters. The Hall–Kier alpha value is -0.340. The van der Waals surface area contributed by atoms with Crippen LogP contribution in [0.1, 0.15) is 23.7 Å². The van der Waals surface area contributed by atoms with E-state index in [9.17, 15) is 5.11 Å². The van der Waals surface area contributed by atoms with E-state index in [0.717, 1.165) is 18.4 Å². The highest BCUT2D eigenvalue weighted by molar-refractivity contribution is 9.09. The molecule has 2 heteroatoms. The van der Waals surface area contributed by atoms with E-state index in [-0.39, 0.29) is 10.9 Å². The summed E-state index contributed by atoms with van der Waals surface area (Å²) in [5.41, 5.74) is 2.38. The third-order valence-corrected chi connectivity index (χ3v) is 3.36. The molecular formula is C10H11BrO. The zero-order valence-electron chi connectivity index (χ0n) is 6.70. The second kappa shape index (κ2) is 3.19. The van der Waals surface area contributed by atoms with Crippen LogP contribution >= 0.6 is 15.9 Å². The van der Waals surface area contributed by atoms with Crippen LogP contribution in [0.3, 0.4) is 0 Å². The molecule has 0 radical (unpaired) electrons. The van der Waals surface area contributed by atoms with Gasteiger partial charge in [0.25, 0.3) is 0 Å². The number of alkyl halides is 1. The highest BCUT2D eigenvalue weighted by Crippen LogP contribution is 2.33. The minimum atomic E-state index is -0.324. The third kappa shape index (κ3) is 1.29. The molecule has 2 rings (SSSR count). The lowest BCUT2D eigenvalue weighted by Gasteiger charge is -2.25. The fourth-order valence-corrected chi connectivity index (χ4v) is 2.21. The van der Waals surface area contributed by atoms with Crippen molar-refractivity contribution in [3.05, 3.63) is 35.4 Å². The van der Waals surface area contributed by atoms with E-state index in [4.69, 9.17) is 0 Å². The summed E-state index contributed by atoms with van der Waals surface area (Å²) in [6, 6.07) is 8.11. The Morgan fingerprint density at radius 3 is 2.92 bits per heavy atom. The zero-order chi connectivity index (χ0) is 8.55. The fourth-order valence-electron chi connectivity index (χ4n) is 1.70. The molecule has 1 aromatic rings. The summed E-state index contributed by atoms with van der Waals surface area (Å²) in [7, 11) is 0. The van der Waals surface area contributed by atoms with E-state index in [1.807, 2.05) is 18.2 Å². The van der Waals surface area contributed by atoms with E-state index in [2.05, 4.69) is 22.0 Å². The van der Waals surface area contributed by atoms with Crippen LogP contribution in [0.15, 0.2) is 24.3 Å². The number of benzene rings is 1. The standard InChI is InChI=1S/C10H11BrO/c11-9-6-5-7-3-1-2-4-8(7)10(9)12/h1-4,9-10,12H,5-6H2/t9-,10+/m1/s1. The third-order valence-electron chi connectivity index (χ3n) is 2.41. The topological polar surface area (TPSA) is 20.2 Å². The smallest absolute Gasteiger partial charge is 0.0917 e. The van der Waals surface area contributed by atoms with Gasteiger partial charge in [0.1, 0.15) is 0 Å². The van der Waals surface area contributed by atoms with Crippen molar-refractivity contribution in [3.63, 3.8) is 0 Å². The first-order chi connectivity index (χ1) is 5.79. The predicted octanol–water partition coefficient (Wildman–Crippen LogP) is 2.43. The van der Waals surface area contributed by atoms with Crippen LogP contribution in [0, 0.1) is 0 Å². The number of aliphatic hydroxyl groups excluding tert-OH is 1. The highest BCUT2D eigenvalue weighted by atomic mass is 79.9. The lowest BCUT2D eigenvalue weighted by atomic mass is 9.89. The molecule has 0 bridgehead atoms. The van der Waals surface area contributed by atoms with Crippen molar-refractivity contribution in [2.75, 3.05) is 0 Å². The molecular weight excluding hydrogens is 216 g/mol. The van der Waals surface area contributed by atoms with Crippen molar-refractivity contribution < 1.29 is 5.11 Å². The molecule has 1 aromatic carbocycles. The van der Waals surface area contributed by atoms with E-state index < -0.39 is 0 Å². The van der Waals surface area contributed by atoms with Gasteiger partial charge < -0.3 is 5.11 Å². The van der Waals surface area contributed by atoms with Gasteiger partial charge in [-0.2, -0.15) is 0 Å². The quantitative estimate of drug-likeness (QED) is 0.675. The normalized spacial score (nSPS) is 28.2. The maximum atomic E-state index is 9.78. The summed E-state index contributed by atoms with van der Waals surface area (Å²) in [4.78, 5) is 0.229. The van der Waals surface area contributed by atoms with Crippen molar-refractivity contribution in [2.45, 2.75) is 23.8 Å². The summed E-state index contributed by atoms with van der Waals surface area (Å²) in [5.74, 6) is 0. The molecule has 0 heterocycles. The molecule has 0 unspecified atom stereocenters. The first-order valence-electron chi connectivity index (χ1n) is 4.19. The van der Waals surface area contributed by atoms with Gasteiger partial charge in [0, 0.05) is 4.83 Å². The molecule has 1 N–H and O–H groups in total. The van der Waals surface area contributed by atoms with E-state index in [0.29, 0.717) is 0 Å². The second-order valence-corrected chi connectivity index (χ2v) is 4.37. The second-order valence-electron chi connectivity index (χ2n) is 3.20. The van der Waals surface area contributed by atoms with Crippen LogP contribution in [0.2, 0.25) is 0 Å². The fraction of sp³-hybridized carbons (Fsp3) is 0.400. The number of hydrogen-bond donors (Lipinski definition) is 1. The minimum absolute atomic E-state index is 0.229. The number of aliphatic hydroxyl groups is 1. The van der Waals surface area contributed by atoms with Crippen molar-refractivity contribution >= 4 is 15.9 Å². The van der Waals surface area contributed by atoms with Gasteiger partial charge in [-0.05, 0) is 24.0 Å². The number of hydrogen-bond acceptors (Lipinski definition) is 1. The summed E-state index contributed by atoms with van der Waals surface area (Å²) in [5, 5.41) is 9.78. The first kappa shape index (κ1) is 8.27. The van der Waals surface area contributed by atoms with Gasteiger partial charge in [0.05, 0.1) is 6.10 Å². The molecule has 0 spiro atoms. The molecule has 1 aliphatic carbocycles. The summed E-state index contributed by atoms with van der Waals surface area (Å²) < 4.78 is 0. The molecule has 1 nitrogen and oxygen atoms in total. The zero-order valence-corrected chi connectivity index (χ0v) is 8.29. The molecule has 0 amide bonds. The summed E-state index contributed by atoms with van der Waals surface area (Å²) in [6.45, 7) is 0. The van der Waals surface area contributed by atoms with Crippen LogP contribution in [-0.4, -0.2) is 9.93 Å². The molecule has 0 aromatic heterocycles. The number of rotatable bonds is 0. The Morgan fingerprint density at radius 1 is 1.33 bits per heavy atom. The van der Waals surface area contributed by atoms with Crippen molar-refractivity contribution in [1.82, 2.24) is 0 Å². The molecule has 0 aliphatic heterocycles.